The summed E-state index contributed by atoms with van der Waals surface area (Å²) in [5.74, 6) is -5.31. The third kappa shape index (κ3) is 4.53. The van der Waals surface area contributed by atoms with Crippen molar-refractivity contribution in [3.05, 3.63) is 63.9 Å². The minimum Gasteiger partial charge on any atom is -0.396 e. The number of alkyl halides is 1. The van der Waals surface area contributed by atoms with Crippen molar-refractivity contribution in [1.29, 1.82) is 0 Å². The van der Waals surface area contributed by atoms with Gasteiger partial charge in [0.1, 0.15) is 5.67 Å². The molecule has 0 aromatic heterocycles. The van der Waals surface area contributed by atoms with Gasteiger partial charge in [-0.2, -0.15) is 0 Å². The maximum Gasteiger partial charge on any atom is 0.255 e. The second kappa shape index (κ2) is 8.05. The average molecular weight is 390 g/mol. The highest BCUT2D eigenvalue weighted by Gasteiger charge is 2.28. The standard InChI is InChI=1S/C18H16ClF4NO2/c1-18(23,5-2-6-25)12-7-10(3-4-13(12)19)17(26)24-11-8-14(20)16(22)15(21)9-11/h3-4,7-9,25H,2,5-6H2,1H3,(H,24,26). The van der Waals surface area contributed by atoms with Crippen molar-refractivity contribution in [2.45, 2.75) is 25.4 Å². The molecule has 0 spiro atoms. The Morgan fingerprint density at radius 2 is 1.81 bits per heavy atom. The molecule has 2 N–H and O–H groups in total. The van der Waals surface area contributed by atoms with Crippen LogP contribution in [-0.4, -0.2) is 17.6 Å². The van der Waals surface area contributed by atoms with Crippen LogP contribution >= 0.6 is 11.6 Å². The highest BCUT2D eigenvalue weighted by Crippen LogP contribution is 2.36. The average Bonchev–Trinajstić information content (AvgIpc) is 2.58. The first-order valence-electron chi connectivity index (χ1n) is 7.71. The zero-order chi connectivity index (χ0) is 19.5. The molecule has 2 aromatic carbocycles. The molecule has 26 heavy (non-hydrogen) atoms. The van der Waals surface area contributed by atoms with Gasteiger partial charge in [0, 0.05) is 40.6 Å². The van der Waals surface area contributed by atoms with Crippen LogP contribution < -0.4 is 5.32 Å². The molecule has 0 saturated heterocycles. The minimum absolute atomic E-state index is 0.00224. The van der Waals surface area contributed by atoms with Crippen LogP contribution in [0.3, 0.4) is 0 Å². The molecule has 0 aliphatic carbocycles. The number of aliphatic hydroxyl groups excluding tert-OH is 1. The molecule has 0 radical (unpaired) electrons. The van der Waals surface area contributed by atoms with Gasteiger partial charge < -0.3 is 10.4 Å². The molecular formula is C18H16ClF4NO2. The first-order valence-corrected chi connectivity index (χ1v) is 8.09. The lowest BCUT2D eigenvalue weighted by molar-refractivity contribution is 0.102. The molecule has 1 unspecified atom stereocenters. The van der Waals surface area contributed by atoms with E-state index in [2.05, 4.69) is 5.32 Å². The Kier molecular flexibility index (Phi) is 6.26. The highest BCUT2D eigenvalue weighted by molar-refractivity contribution is 6.31. The Balaban J connectivity index is 2.29. The van der Waals surface area contributed by atoms with Gasteiger partial charge in [-0.3, -0.25) is 4.79 Å². The van der Waals surface area contributed by atoms with Crippen LogP contribution in [-0.2, 0) is 5.67 Å². The van der Waals surface area contributed by atoms with E-state index in [1.54, 1.807) is 0 Å². The van der Waals surface area contributed by atoms with Crippen molar-refractivity contribution in [2.75, 3.05) is 11.9 Å². The topological polar surface area (TPSA) is 49.3 Å². The molecule has 1 amide bonds. The molecular weight excluding hydrogens is 374 g/mol. The van der Waals surface area contributed by atoms with E-state index in [4.69, 9.17) is 16.7 Å². The molecule has 0 aliphatic heterocycles. The summed E-state index contributed by atoms with van der Waals surface area (Å²) in [5, 5.41) is 11.2. The van der Waals surface area contributed by atoms with Gasteiger partial charge in [0.2, 0.25) is 0 Å². The number of amides is 1. The maximum atomic E-state index is 14.8. The number of hydrogen-bond acceptors (Lipinski definition) is 2. The maximum absolute atomic E-state index is 14.8. The Hall–Kier alpha value is -2.12. The molecule has 8 heteroatoms. The number of hydrogen-bond donors (Lipinski definition) is 2. The van der Waals surface area contributed by atoms with Gasteiger partial charge in [-0.25, -0.2) is 17.6 Å². The number of nitrogens with one attached hydrogen (secondary N) is 1. The van der Waals surface area contributed by atoms with E-state index in [0.717, 1.165) is 0 Å². The lowest BCUT2D eigenvalue weighted by Gasteiger charge is -2.22. The zero-order valence-corrected chi connectivity index (χ0v) is 14.5. The van der Waals surface area contributed by atoms with Gasteiger partial charge in [-0.15, -0.1) is 0 Å². The summed E-state index contributed by atoms with van der Waals surface area (Å²) in [6.07, 6.45) is 0.191. The Labute approximate surface area is 152 Å². The van der Waals surface area contributed by atoms with Gasteiger partial charge in [0.05, 0.1) is 0 Å². The van der Waals surface area contributed by atoms with E-state index in [9.17, 15) is 22.4 Å². The van der Waals surface area contributed by atoms with Crippen molar-refractivity contribution >= 4 is 23.2 Å². The molecule has 0 fully saturated rings. The number of anilines is 1. The van der Waals surface area contributed by atoms with Crippen molar-refractivity contribution in [1.82, 2.24) is 0 Å². The summed E-state index contributed by atoms with van der Waals surface area (Å²) in [5.41, 5.74) is -2.12. The lowest BCUT2D eigenvalue weighted by Crippen LogP contribution is -2.19. The Morgan fingerprint density at radius 3 is 2.38 bits per heavy atom. The largest absolute Gasteiger partial charge is 0.396 e. The molecule has 0 saturated carbocycles. The number of aliphatic hydroxyl groups is 1. The van der Waals surface area contributed by atoms with Crippen LogP contribution in [0.15, 0.2) is 30.3 Å². The molecule has 3 nitrogen and oxygen atoms in total. The summed E-state index contributed by atoms with van der Waals surface area (Å²) >= 11 is 6.01. The van der Waals surface area contributed by atoms with E-state index in [0.29, 0.717) is 12.1 Å². The molecule has 0 heterocycles. The van der Waals surface area contributed by atoms with E-state index >= 15 is 0 Å². The fourth-order valence-electron chi connectivity index (χ4n) is 2.44. The minimum atomic E-state index is -1.88. The normalized spacial score (nSPS) is 13.3. The second-order valence-corrected chi connectivity index (χ2v) is 6.33. The first kappa shape index (κ1) is 20.2. The SMILES string of the molecule is CC(F)(CCCO)c1cc(C(=O)Nc2cc(F)c(F)c(F)c2)ccc1Cl. The third-order valence-corrected chi connectivity index (χ3v) is 4.17. The molecule has 2 aromatic rings. The monoisotopic (exact) mass is 389 g/mol. The first-order chi connectivity index (χ1) is 12.2. The van der Waals surface area contributed by atoms with Crippen LogP contribution in [0.1, 0.15) is 35.7 Å². The van der Waals surface area contributed by atoms with Crippen molar-refractivity contribution < 1.29 is 27.5 Å². The Morgan fingerprint density at radius 1 is 1.19 bits per heavy atom. The summed E-state index contributed by atoms with van der Waals surface area (Å²) in [6, 6.07) is 5.14. The lowest BCUT2D eigenvalue weighted by atomic mass is 9.91. The second-order valence-electron chi connectivity index (χ2n) is 5.93. The molecule has 140 valence electrons. The van der Waals surface area contributed by atoms with Crippen LogP contribution in [0.25, 0.3) is 0 Å². The quantitative estimate of drug-likeness (QED) is 0.541. The van der Waals surface area contributed by atoms with Gasteiger partial charge in [-0.05, 0) is 38.0 Å². The smallest absolute Gasteiger partial charge is 0.255 e. The van der Waals surface area contributed by atoms with E-state index in [1.807, 2.05) is 0 Å². The number of benzene rings is 2. The Bertz CT molecular complexity index is 804. The molecule has 0 bridgehead atoms. The van der Waals surface area contributed by atoms with Crippen LogP contribution in [0.4, 0.5) is 23.2 Å². The third-order valence-electron chi connectivity index (χ3n) is 3.84. The van der Waals surface area contributed by atoms with Crippen molar-refractivity contribution in [3.8, 4) is 0 Å². The number of carbonyl (C=O) groups excluding carboxylic acids is 1. The highest BCUT2D eigenvalue weighted by atomic mass is 35.5. The van der Waals surface area contributed by atoms with E-state index < -0.39 is 29.0 Å². The van der Waals surface area contributed by atoms with Gasteiger partial charge >= 0.3 is 0 Å². The summed E-state index contributed by atoms with van der Waals surface area (Å²) in [6.45, 7) is 1.08. The van der Waals surface area contributed by atoms with Gasteiger partial charge in [0.25, 0.3) is 5.91 Å². The molecule has 2 rings (SSSR count). The van der Waals surface area contributed by atoms with Crippen LogP contribution in [0.2, 0.25) is 5.02 Å². The van der Waals surface area contributed by atoms with Crippen LogP contribution in [0.5, 0.6) is 0 Å². The zero-order valence-electron chi connectivity index (χ0n) is 13.8. The predicted molar refractivity (Wildman–Crippen MR) is 90.5 cm³/mol. The van der Waals surface area contributed by atoms with Gasteiger partial charge in [-0.1, -0.05) is 11.6 Å². The fraction of sp³-hybridized carbons (Fsp3) is 0.278. The molecule has 1 atom stereocenters. The summed E-state index contributed by atoms with van der Waals surface area (Å²) in [7, 11) is 0. The number of carbonyl (C=O) groups is 1. The number of rotatable bonds is 6. The van der Waals surface area contributed by atoms with E-state index in [-0.39, 0.29) is 41.3 Å². The van der Waals surface area contributed by atoms with Crippen molar-refractivity contribution in [2.24, 2.45) is 0 Å². The molecule has 0 aliphatic rings. The van der Waals surface area contributed by atoms with Crippen molar-refractivity contribution in [3.63, 3.8) is 0 Å². The number of halogens is 5. The predicted octanol–water partition coefficient (Wildman–Crippen LogP) is 4.97. The summed E-state index contributed by atoms with van der Waals surface area (Å²) in [4.78, 5) is 12.3. The van der Waals surface area contributed by atoms with E-state index in [1.165, 1.54) is 25.1 Å². The fourth-order valence-corrected chi connectivity index (χ4v) is 2.76. The van der Waals surface area contributed by atoms with Gasteiger partial charge in [0.15, 0.2) is 17.5 Å². The summed E-state index contributed by atoms with van der Waals surface area (Å²) < 4.78 is 54.2. The van der Waals surface area contributed by atoms with Crippen LogP contribution in [0, 0.1) is 17.5 Å².